The van der Waals surface area contributed by atoms with Crippen LogP contribution in [0.25, 0.3) is 0 Å². The smallest absolute Gasteiger partial charge is 0.0351 e. The maximum Gasteiger partial charge on any atom is 0.0351 e. The number of anilines is 1. The number of unbranched alkanes of at least 4 members (excludes halogenated alkanes) is 2. The van der Waals surface area contributed by atoms with Crippen LogP contribution in [0.2, 0.25) is 0 Å². The van der Waals surface area contributed by atoms with Crippen LogP contribution >= 0.6 is 15.9 Å². The van der Waals surface area contributed by atoms with Crippen LogP contribution in [0, 0.1) is 6.92 Å². The molecule has 1 rings (SSSR count). The van der Waals surface area contributed by atoms with Gasteiger partial charge in [-0.3, -0.25) is 0 Å². The van der Waals surface area contributed by atoms with E-state index in [0.717, 1.165) is 6.54 Å². The lowest BCUT2D eigenvalue weighted by atomic mass is 10.2. The van der Waals surface area contributed by atoms with Crippen LogP contribution in [0.1, 0.15) is 31.7 Å². The SMILES string of the molecule is CCCCCNc1ccc(C)c(Br)c1. The van der Waals surface area contributed by atoms with E-state index in [2.05, 4.69) is 53.3 Å². The van der Waals surface area contributed by atoms with Crippen molar-refractivity contribution in [3.05, 3.63) is 28.2 Å². The van der Waals surface area contributed by atoms with E-state index in [9.17, 15) is 0 Å². The maximum atomic E-state index is 3.53. The maximum absolute atomic E-state index is 3.53. The molecule has 0 fully saturated rings. The molecular weight excluding hydrogens is 238 g/mol. The molecule has 0 aliphatic heterocycles. The minimum atomic E-state index is 1.07. The predicted molar refractivity (Wildman–Crippen MR) is 66.9 cm³/mol. The van der Waals surface area contributed by atoms with Gasteiger partial charge in [0.1, 0.15) is 0 Å². The van der Waals surface area contributed by atoms with E-state index in [1.807, 2.05) is 0 Å². The van der Waals surface area contributed by atoms with Crippen LogP contribution in [-0.4, -0.2) is 6.54 Å². The summed E-state index contributed by atoms with van der Waals surface area (Å²) in [7, 11) is 0. The van der Waals surface area contributed by atoms with Gasteiger partial charge in [0, 0.05) is 16.7 Å². The lowest BCUT2D eigenvalue weighted by molar-refractivity contribution is 0.744. The van der Waals surface area contributed by atoms with Crippen LogP contribution in [0.5, 0.6) is 0 Å². The van der Waals surface area contributed by atoms with Gasteiger partial charge in [-0.2, -0.15) is 0 Å². The molecular formula is C12H18BrN. The Bertz CT molecular complexity index is 284. The van der Waals surface area contributed by atoms with Crippen molar-refractivity contribution in [3.8, 4) is 0 Å². The molecule has 0 aromatic heterocycles. The summed E-state index contributed by atoms with van der Waals surface area (Å²) in [4.78, 5) is 0. The zero-order valence-corrected chi connectivity index (χ0v) is 10.5. The molecule has 0 heterocycles. The van der Waals surface area contributed by atoms with E-state index >= 15 is 0 Å². The minimum absolute atomic E-state index is 1.07. The lowest BCUT2D eigenvalue weighted by Crippen LogP contribution is -2.01. The predicted octanol–water partition coefficient (Wildman–Crippen LogP) is 4.36. The van der Waals surface area contributed by atoms with Crippen molar-refractivity contribution in [2.45, 2.75) is 33.1 Å². The number of hydrogen-bond donors (Lipinski definition) is 1. The van der Waals surface area contributed by atoms with Gasteiger partial charge in [0.2, 0.25) is 0 Å². The van der Waals surface area contributed by atoms with E-state index in [1.54, 1.807) is 0 Å². The third-order valence-electron chi connectivity index (χ3n) is 2.28. The number of nitrogens with one attached hydrogen (secondary N) is 1. The van der Waals surface area contributed by atoms with Gasteiger partial charge in [-0.1, -0.05) is 41.8 Å². The van der Waals surface area contributed by atoms with Crippen molar-refractivity contribution >= 4 is 21.6 Å². The van der Waals surface area contributed by atoms with E-state index in [-0.39, 0.29) is 0 Å². The molecule has 1 nitrogen and oxygen atoms in total. The van der Waals surface area contributed by atoms with Crippen molar-refractivity contribution in [3.63, 3.8) is 0 Å². The number of hydrogen-bond acceptors (Lipinski definition) is 1. The standard InChI is InChI=1S/C12H18BrN/c1-3-4-5-8-14-11-7-6-10(2)12(13)9-11/h6-7,9,14H,3-5,8H2,1-2H3. The number of halogens is 1. The van der Waals surface area contributed by atoms with Crippen LogP contribution < -0.4 is 5.32 Å². The Balaban J connectivity index is 2.39. The number of aryl methyl sites for hydroxylation is 1. The summed E-state index contributed by atoms with van der Waals surface area (Å²) in [6.07, 6.45) is 3.83. The summed E-state index contributed by atoms with van der Waals surface area (Å²) in [5.74, 6) is 0. The monoisotopic (exact) mass is 255 g/mol. The molecule has 1 N–H and O–H groups in total. The summed E-state index contributed by atoms with van der Waals surface area (Å²) in [5.41, 5.74) is 2.49. The summed E-state index contributed by atoms with van der Waals surface area (Å²) in [5, 5.41) is 3.42. The number of benzene rings is 1. The zero-order valence-electron chi connectivity index (χ0n) is 8.94. The van der Waals surface area contributed by atoms with E-state index < -0.39 is 0 Å². The van der Waals surface area contributed by atoms with Gasteiger partial charge in [-0.25, -0.2) is 0 Å². The highest BCUT2D eigenvalue weighted by molar-refractivity contribution is 9.10. The van der Waals surface area contributed by atoms with Gasteiger partial charge in [0.05, 0.1) is 0 Å². The Labute approximate surface area is 95.0 Å². The fourth-order valence-corrected chi connectivity index (χ4v) is 1.69. The third-order valence-corrected chi connectivity index (χ3v) is 3.14. The third kappa shape index (κ3) is 3.70. The molecule has 0 aliphatic carbocycles. The fraction of sp³-hybridized carbons (Fsp3) is 0.500. The molecule has 1 aromatic carbocycles. The van der Waals surface area contributed by atoms with Crippen molar-refractivity contribution in [2.75, 3.05) is 11.9 Å². The molecule has 78 valence electrons. The molecule has 0 aliphatic rings. The first-order valence-electron chi connectivity index (χ1n) is 5.24. The van der Waals surface area contributed by atoms with Crippen LogP contribution in [0.3, 0.4) is 0 Å². The van der Waals surface area contributed by atoms with E-state index in [4.69, 9.17) is 0 Å². The Morgan fingerprint density at radius 1 is 1.29 bits per heavy atom. The van der Waals surface area contributed by atoms with Crippen LogP contribution in [-0.2, 0) is 0 Å². The first-order chi connectivity index (χ1) is 6.74. The van der Waals surface area contributed by atoms with Crippen molar-refractivity contribution in [1.29, 1.82) is 0 Å². The molecule has 1 aromatic rings. The average Bonchev–Trinajstić information content (AvgIpc) is 2.18. The Hall–Kier alpha value is -0.500. The van der Waals surface area contributed by atoms with Crippen LogP contribution in [0.4, 0.5) is 5.69 Å². The minimum Gasteiger partial charge on any atom is -0.385 e. The highest BCUT2D eigenvalue weighted by Crippen LogP contribution is 2.20. The quantitative estimate of drug-likeness (QED) is 0.772. The fourth-order valence-electron chi connectivity index (χ4n) is 1.31. The normalized spacial score (nSPS) is 10.2. The molecule has 14 heavy (non-hydrogen) atoms. The van der Waals surface area contributed by atoms with Gasteiger partial charge in [-0.15, -0.1) is 0 Å². The summed E-state index contributed by atoms with van der Waals surface area (Å²) >= 11 is 3.53. The van der Waals surface area contributed by atoms with Gasteiger partial charge in [0.25, 0.3) is 0 Å². The molecule has 0 saturated heterocycles. The second-order valence-electron chi connectivity index (χ2n) is 3.60. The first-order valence-corrected chi connectivity index (χ1v) is 6.03. The van der Waals surface area contributed by atoms with Crippen molar-refractivity contribution in [2.24, 2.45) is 0 Å². The van der Waals surface area contributed by atoms with Crippen LogP contribution in [0.15, 0.2) is 22.7 Å². The van der Waals surface area contributed by atoms with Gasteiger partial charge in [-0.05, 0) is 31.0 Å². The lowest BCUT2D eigenvalue weighted by Gasteiger charge is -2.07. The highest BCUT2D eigenvalue weighted by atomic mass is 79.9. The van der Waals surface area contributed by atoms with Gasteiger partial charge in [0.15, 0.2) is 0 Å². The van der Waals surface area contributed by atoms with E-state index in [0.29, 0.717) is 0 Å². The summed E-state index contributed by atoms with van der Waals surface area (Å²) in [6, 6.07) is 6.40. The molecule has 0 radical (unpaired) electrons. The molecule has 0 spiro atoms. The molecule has 2 heteroatoms. The van der Waals surface area contributed by atoms with Crippen molar-refractivity contribution < 1.29 is 0 Å². The number of rotatable bonds is 5. The molecule has 0 unspecified atom stereocenters. The average molecular weight is 256 g/mol. The second-order valence-corrected chi connectivity index (χ2v) is 4.45. The van der Waals surface area contributed by atoms with Crippen molar-refractivity contribution in [1.82, 2.24) is 0 Å². The van der Waals surface area contributed by atoms with Gasteiger partial charge >= 0.3 is 0 Å². The molecule has 0 amide bonds. The summed E-state index contributed by atoms with van der Waals surface area (Å²) in [6.45, 7) is 5.40. The first kappa shape index (κ1) is 11.6. The van der Waals surface area contributed by atoms with Gasteiger partial charge < -0.3 is 5.32 Å². The Morgan fingerprint density at radius 3 is 2.71 bits per heavy atom. The second kappa shape index (κ2) is 6.07. The molecule has 0 bridgehead atoms. The Morgan fingerprint density at radius 2 is 2.07 bits per heavy atom. The zero-order chi connectivity index (χ0) is 10.4. The Kier molecular flexibility index (Phi) is 5.02. The van der Waals surface area contributed by atoms with E-state index in [1.165, 1.54) is 35.0 Å². The molecule has 0 atom stereocenters. The summed E-state index contributed by atoms with van der Waals surface area (Å²) < 4.78 is 1.18. The topological polar surface area (TPSA) is 12.0 Å². The highest BCUT2D eigenvalue weighted by Gasteiger charge is 1.96. The largest absolute Gasteiger partial charge is 0.385 e. The molecule has 0 saturated carbocycles.